The number of thiocarbonyl (C=S) groups is 1. The smallest absolute Gasteiger partial charge is 0.125 e. The number of nitriles is 1. The van der Waals surface area contributed by atoms with E-state index in [2.05, 4.69) is 42.3 Å². The van der Waals surface area contributed by atoms with Gasteiger partial charge in [0.1, 0.15) is 10.9 Å². The molecule has 0 radical (unpaired) electrons. The van der Waals surface area contributed by atoms with Gasteiger partial charge >= 0.3 is 0 Å². The van der Waals surface area contributed by atoms with Crippen LogP contribution in [0, 0.1) is 24.2 Å². The van der Waals surface area contributed by atoms with Crippen molar-refractivity contribution in [3.63, 3.8) is 0 Å². The third-order valence-corrected chi connectivity index (χ3v) is 4.39. The topological polar surface area (TPSA) is 36.1 Å². The van der Waals surface area contributed by atoms with Crippen molar-refractivity contribution >= 4 is 22.9 Å². The van der Waals surface area contributed by atoms with Crippen molar-refractivity contribution in [3.05, 3.63) is 46.5 Å². The zero-order valence-electron chi connectivity index (χ0n) is 11.5. The van der Waals surface area contributed by atoms with Crippen LogP contribution in [0.4, 0.5) is 0 Å². The molecule has 0 amide bonds. The molecular formula is C17H16N2S. The normalized spacial score (nSPS) is 22.1. The molecule has 0 saturated heterocycles. The van der Waals surface area contributed by atoms with Gasteiger partial charge in [-0.25, -0.2) is 4.99 Å². The SMILES string of the molecule is Cc1ccc(C2=NC(=S)C(C#N)C3=C2CCCC3)cc1. The van der Waals surface area contributed by atoms with Crippen LogP contribution in [0.25, 0.3) is 0 Å². The first-order valence-electron chi connectivity index (χ1n) is 7.02. The van der Waals surface area contributed by atoms with E-state index >= 15 is 0 Å². The highest BCUT2D eigenvalue weighted by Gasteiger charge is 2.31. The first kappa shape index (κ1) is 13.2. The highest BCUT2D eigenvalue weighted by molar-refractivity contribution is 7.80. The quantitative estimate of drug-likeness (QED) is 0.725. The number of dihydropyridines is 1. The van der Waals surface area contributed by atoms with Gasteiger partial charge in [0.15, 0.2) is 0 Å². The maximum atomic E-state index is 9.35. The van der Waals surface area contributed by atoms with E-state index in [0.29, 0.717) is 4.99 Å². The van der Waals surface area contributed by atoms with Crippen LogP contribution >= 0.6 is 12.2 Å². The minimum absolute atomic E-state index is 0.283. The molecule has 2 nitrogen and oxygen atoms in total. The van der Waals surface area contributed by atoms with Gasteiger partial charge in [0.25, 0.3) is 0 Å². The molecule has 1 atom stereocenters. The Morgan fingerprint density at radius 1 is 1.20 bits per heavy atom. The molecule has 100 valence electrons. The number of allylic oxidation sites excluding steroid dienone is 1. The summed E-state index contributed by atoms with van der Waals surface area (Å²) < 4.78 is 0. The van der Waals surface area contributed by atoms with Crippen LogP contribution in [0.3, 0.4) is 0 Å². The molecule has 1 aliphatic heterocycles. The zero-order chi connectivity index (χ0) is 14.1. The molecule has 1 unspecified atom stereocenters. The van der Waals surface area contributed by atoms with E-state index in [1.54, 1.807) is 0 Å². The molecule has 0 fully saturated rings. The Balaban J connectivity index is 2.11. The Bertz CT molecular complexity index is 659. The van der Waals surface area contributed by atoms with Crippen LogP contribution in [-0.4, -0.2) is 10.7 Å². The summed E-state index contributed by atoms with van der Waals surface area (Å²) in [6, 6.07) is 10.7. The highest BCUT2D eigenvalue weighted by atomic mass is 32.1. The number of nitrogens with zero attached hydrogens (tertiary/aromatic N) is 2. The van der Waals surface area contributed by atoms with Crippen molar-refractivity contribution in [2.24, 2.45) is 10.9 Å². The fraction of sp³-hybridized carbons (Fsp3) is 0.353. The summed E-state index contributed by atoms with van der Waals surface area (Å²) in [6.45, 7) is 2.08. The summed E-state index contributed by atoms with van der Waals surface area (Å²) in [4.78, 5) is 5.12. The zero-order valence-corrected chi connectivity index (χ0v) is 12.3. The van der Waals surface area contributed by atoms with E-state index in [9.17, 15) is 5.26 Å². The third kappa shape index (κ3) is 2.21. The molecule has 1 heterocycles. The van der Waals surface area contributed by atoms with Gasteiger partial charge in [-0.2, -0.15) is 5.26 Å². The lowest BCUT2D eigenvalue weighted by atomic mass is 9.79. The summed E-state index contributed by atoms with van der Waals surface area (Å²) in [5, 5.41) is 9.35. The van der Waals surface area contributed by atoms with Gasteiger partial charge in [0, 0.05) is 5.56 Å². The van der Waals surface area contributed by atoms with Crippen LogP contribution in [0.1, 0.15) is 36.8 Å². The summed E-state index contributed by atoms with van der Waals surface area (Å²) in [6.07, 6.45) is 4.33. The van der Waals surface area contributed by atoms with E-state index in [0.717, 1.165) is 30.5 Å². The van der Waals surface area contributed by atoms with Crippen LogP contribution in [0.5, 0.6) is 0 Å². The van der Waals surface area contributed by atoms with Crippen LogP contribution in [0.15, 0.2) is 40.4 Å². The van der Waals surface area contributed by atoms with E-state index in [-0.39, 0.29) is 5.92 Å². The maximum absolute atomic E-state index is 9.35. The van der Waals surface area contributed by atoms with Gasteiger partial charge in [-0.1, -0.05) is 42.0 Å². The highest BCUT2D eigenvalue weighted by Crippen LogP contribution is 2.36. The number of benzene rings is 1. The van der Waals surface area contributed by atoms with E-state index < -0.39 is 0 Å². The minimum Gasteiger partial charge on any atom is -0.239 e. The van der Waals surface area contributed by atoms with Gasteiger partial charge in [0.2, 0.25) is 0 Å². The van der Waals surface area contributed by atoms with Crippen LogP contribution < -0.4 is 0 Å². The lowest BCUT2D eigenvalue weighted by Gasteiger charge is -2.28. The number of aliphatic imine (C=N–C) groups is 1. The predicted molar refractivity (Wildman–Crippen MR) is 84.9 cm³/mol. The molecule has 0 N–H and O–H groups in total. The van der Waals surface area contributed by atoms with Gasteiger partial charge < -0.3 is 0 Å². The minimum atomic E-state index is -0.283. The second-order valence-corrected chi connectivity index (χ2v) is 5.86. The first-order valence-corrected chi connectivity index (χ1v) is 7.43. The van der Waals surface area contributed by atoms with Crippen molar-refractivity contribution < 1.29 is 0 Å². The van der Waals surface area contributed by atoms with E-state index in [1.807, 2.05) is 0 Å². The molecule has 0 aromatic heterocycles. The van der Waals surface area contributed by atoms with Gasteiger partial charge in [-0.3, -0.25) is 0 Å². The lowest BCUT2D eigenvalue weighted by molar-refractivity contribution is 0.660. The Labute approximate surface area is 124 Å². The fourth-order valence-electron chi connectivity index (χ4n) is 2.99. The number of hydrogen-bond acceptors (Lipinski definition) is 2. The molecule has 20 heavy (non-hydrogen) atoms. The molecule has 1 aromatic rings. The molecule has 0 bridgehead atoms. The lowest BCUT2D eigenvalue weighted by Crippen LogP contribution is -2.26. The molecule has 2 aliphatic rings. The Hall–Kier alpha value is -1.79. The van der Waals surface area contributed by atoms with Gasteiger partial charge in [-0.05, 0) is 43.8 Å². The van der Waals surface area contributed by atoms with Crippen molar-refractivity contribution in [1.82, 2.24) is 0 Å². The number of hydrogen-bond donors (Lipinski definition) is 0. The van der Waals surface area contributed by atoms with Crippen molar-refractivity contribution in [3.8, 4) is 6.07 Å². The number of rotatable bonds is 1. The van der Waals surface area contributed by atoms with Crippen LogP contribution in [-0.2, 0) is 0 Å². The Kier molecular flexibility index (Phi) is 3.50. The third-order valence-electron chi connectivity index (χ3n) is 4.07. The Morgan fingerprint density at radius 3 is 2.60 bits per heavy atom. The molecule has 3 heteroatoms. The fourth-order valence-corrected chi connectivity index (χ4v) is 3.28. The molecule has 1 aliphatic carbocycles. The molecule has 3 rings (SSSR count). The van der Waals surface area contributed by atoms with Crippen molar-refractivity contribution in [2.45, 2.75) is 32.6 Å². The van der Waals surface area contributed by atoms with Crippen LogP contribution in [0.2, 0.25) is 0 Å². The predicted octanol–water partition coefficient (Wildman–Crippen LogP) is 4.14. The molecule has 0 spiro atoms. The average Bonchev–Trinajstić information content (AvgIpc) is 2.47. The number of aryl methyl sites for hydroxylation is 1. The van der Waals surface area contributed by atoms with Gasteiger partial charge in [-0.15, -0.1) is 0 Å². The van der Waals surface area contributed by atoms with Crippen molar-refractivity contribution in [1.29, 1.82) is 5.26 Å². The summed E-state index contributed by atoms with van der Waals surface area (Å²) in [7, 11) is 0. The summed E-state index contributed by atoms with van der Waals surface area (Å²) in [5.41, 5.74) is 5.83. The standard InChI is InChI=1S/C17H16N2S/c1-11-6-8-12(9-7-11)16-14-5-3-2-4-13(14)15(10-18)17(20)19-16/h6-9,15H,2-5H2,1H3. The second kappa shape index (κ2) is 5.30. The summed E-state index contributed by atoms with van der Waals surface area (Å²) >= 11 is 5.35. The summed E-state index contributed by atoms with van der Waals surface area (Å²) in [5.74, 6) is -0.283. The van der Waals surface area contributed by atoms with Crippen molar-refractivity contribution in [2.75, 3.05) is 0 Å². The average molecular weight is 280 g/mol. The van der Waals surface area contributed by atoms with E-state index in [1.165, 1.54) is 23.1 Å². The molecule has 0 saturated carbocycles. The molecule has 1 aromatic carbocycles. The monoisotopic (exact) mass is 280 g/mol. The Morgan fingerprint density at radius 2 is 1.90 bits per heavy atom. The second-order valence-electron chi connectivity index (χ2n) is 5.44. The largest absolute Gasteiger partial charge is 0.239 e. The van der Waals surface area contributed by atoms with Gasteiger partial charge in [0.05, 0.1) is 11.8 Å². The molecular weight excluding hydrogens is 264 g/mol. The van der Waals surface area contributed by atoms with E-state index in [4.69, 9.17) is 12.2 Å². The first-order chi connectivity index (χ1) is 9.70. The maximum Gasteiger partial charge on any atom is 0.125 e.